The van der Waals surface area contributed by atoms with Crippen molar-refractivity contribution in [2.75, 3.05) is 6.61 Å². The van der Waals surface area contributed by atoms with Crippen LogP contribution in [0.4, 0.5) is 0 Å². The Morgan fingerprint density at radius 3 is 1.68 bits per heavy atom. The zero-order valence-corrected chi connectivity index (χ0v) is 15.8. The second kappa shape index (κ2) is 14.6. The molecule has 0 heterocycles. The maximum absolute atomic E-state index is 10.1. The quantitative estimate of drug-likeness (QED) is 0.351. The van der Waals surface area contributed by atoms with Gasteiger partial charge in [-0.15, -0.1) is 0 Å². The van der Waals surface area contributed by atoms with Gasteiger partial charge in [0, 0.05) is 0 Å². The Labute approximate surface area is 136 Å². The molecule has 136 valence electrons. The fourth-order valence-electron chi connectivity index (χ4n) is 1.95. The number of aliphatic hydroxyl groups is 1. The van der Waals surface area contributed by atoms with Crippen LogP contribution in [0.2, 0.25) is 0 Å². The third-order valence-electron chi connectivity index (χ3n) is 3.40. The van der Waals surface area contributed by atoms with Crippen LogP contribution < -0.4 is 0 Å². The van der Waals surface area contributed by atoms with E-state index in [1.807, 2.05) is 6.92 Å². The molecule has 6 heteroatoms. The third kappa shape index (κ3) is 22.4. The van der Waals surface area contributed by atoms with E-state index in [4.69, 9.17) is 9.79 Å². The summed E-state index contributed by atoms with van der Waals surface area (Å²) in [6, 6.07) is 0. The smallest absolute Gasteiger partial charge is 0.390 e. The standard InChI is InChI=1S/C10H22O.C6H15O4P/c1-4-6-8-10(3,11)9-7-5-2;1-2-3-4-5-6-10-11(7,8)9/h11H,4-9H2,1-3H3;2-6H2,1H3,(H2,7,8,9). The molecule has 0 rings (SSSR count). The summed E-state index contributed by atoms with van der Waals surface area (Å²) in [6.07, 6.45) is 10.5. The maximum Gasteiger partial charge on any atom is 0.469 e. The lowest BCUT2D eigenvalue weighted by Crippen LogP contribution is -2.23. The Morgan fingerprint density at radius 1 is 0.864 bits per heavy atom. The Morgan fingerprint density at radius 2 is 1.32 bits per heavy atom. The van der Waals surface area contributed by atoms with E-state index in [1.165, 1.54) is 12.8 Å². The van der Waals surface area contributed by atoms with Gasteiger partial charge in [0.05, 0.1) is 12.2 Å². The molecule has 5 nitrogen and oxygen atoms in total. The van der Waals surface area contributed by atoms with Gasteiger partial charge >= 0.3 is 7.82 Å². The monoisotopic (exact) mass is 340 g/mol. The van der Waals surface area contributed by atoms with E-state index in [0.29, 0.717) is 0 Å². The van der Waals surface area contributed by atoms with Gasteiger partial charge in [0.2, 0.25) is 0 Å². The van der Waals surface area contributed by atoms with Crippen LogP contribution in [0.1, 0.15) is 91.9 Å². The molecule has 0 amide bonds. The zero-order valence-electron chi connectivity index (χ0n) is 14.9. The van der Waals surface area contributed by atoms with E-state index in [-0.39, 0.29) is 6.61 Å². The third-order valence-corrected chi connectivity index (χ3v) is 3.91. The lowest BCUT2D eigenvalue weighted by atomic mass is 9.93. The lowest BCUT2D eigenvalue weighted by Gasteiger charge is -2.22. The molecule has 0 unspecified atom stereocenters. The molecule has 0 radical (unpaired) electrons. The topological polar surface area (TPSA) is 87.0 Å². The van der Waals surface area contributed by atoms with E-state index >= 15 is 0 Å². The molecule has 0 aliphatic rings. The van der Waals surface area contributed by atoms with Crippen LogP contribution in [0.25, 0.3) is 0 Å². The first-order valence-corrected chi connectivity index (χ1v) is 10.1. The van der Waals surface area contributed by atoms with Crippen molar-refractivity contribution < 1.29 is 24.0 Å². The van der Waals surface area contributed by atoms with Crippen molar-refractivity contribution in [1.29, 1.82) is 0 Å². The first-order chi connectivity index (χ1) is 10.2. The molecule has 0 saturated heterocycles. The molecule has 0 aromatic carbocycles. The molecule has 0 aliphatic carbocycles. The van der Waals surface area contributed by atoms with Crippen LogP contribution in [0.3, 0.4) is 0 Å². The SMILES string of the molecule is CCCCC(C)(O)CCCC.CCCCCCOP(=O)(O)O. The fraction of sp³-hybridized carbons (Fsp3) is 1.00. The molecular formula is C16H37O5P. The summed E-state index contributed by atoms with van der Waals surface area (Å²) in [7, 11) is -4.21. The molecule has 0 spiro atoms. The Balaban J connectivity index is 0. The number of phosphoric acid groups is 1. The minimum Gasteiger partial charge on any atom is -0.390 e. The van der Waals surface area contributed by atoms with Crippen molar-refractivity contribution in [2.45, 2.75) is 97.5 Å². The van der Waals surface area contributed by atoms with Gasteiger partial charge in [-0.2, -0.15) is 0 Å². The molecule has 0 fully saturated rings. The Bertz CT molecular complexity index is 266. The number of hydrogen-bond donors (Lipinski definition) is 3. The van der Waals surface area contributed by atoms with Gasteiger partial charge in [0.1, 0.15) is 0 Å². The maximum atomic E-state index is 10.1. The van der Waals surface area contributed by atoms with Gasteiger partial charge < -0.3 is 14.9 Å². The van der Waals surface area contributed by atoms with Gasteiger partial charge in [0.25, 0.3) is 0 Å². The summed E-state index contributed by atoms with van der Waals surface area (Å²) in [4.78, 5) is 16.5. The number of unbranched alkanes of at least 4 members (excludes halogenated alkanes) is 5. The van der Waals surface area contributed by atoms with Crippen molar-refractivity contribution in [3.63, 3.8) is 0 Å². The predicted octanol–water partition coefficient (Wildman–Crippen LogP) is 4.79. The molecule has 0 aliphatic heterocycles. The van der Waals surface area contributed by atoms with Gasteiger partial charge in [-0.25, -0.2) is 4.57 Å². The number of rotatable bonds is 12. The minimum absolute atomic E-state index is 0.157. The van der Waals surface area contributed by atoms with Crippen LogP contribution in [-0.4, -0.2) is 27.1 Å². The minimum atomic E-state index is -4.21. The fourth-order valence-corrected chi connectivity index (χ4v) is 2.32. The van der Waals surface area contributed by atoms with E-state index in [9.17, 15) is 9.67 Å². The summed E-state index contributed by atoms with van der Waals surface area (Å²) in [6.45, 7) is 8.51. The van der Waals surface area contributed by atoms with Crippen molar-refractivity contribution >= 4 is 7.82 Å². The van der Waals surface area contributed by atoms with Gasteiger partial charge in [-0.1, -0.05) is 65.7 Å². The van der Waals surface area contributed by atoms with Crippen LogP contribution in [0.15, 0.2) is 0 Å². The van der Waals surface area contributed by atoms with Crippen LogP contribution in [0, 0.1) is 0 Å². The van der Waals surface area contributed by atoms with Crippen LogP contribution in [-0.2, 0) is 9.09 Å². The molecule has 22 heavy (non-hydrogen) atoms. The predicted molar refractivity (Wildman–Crippen MR) is 91.8 cm³/mol. The number of phosphoric ester groups is 1. The highest BCUT2D eigenvalue weighted by Gasteiger charge is 2.17. The second-order valence-electron chi connectivity index (χ2n) is 6.09. The van der Waals surface area contributed by atoms with Crippen LogP contribution >= 0.6 is 7.82 Å². The lowest BCUT2D eigenvalue weighted by molar-refractivity contribution is 0.0376. The van der Waals surface area contributed by atoms with Crippen molar-refractivity contribution in [2.24, 2.45) is 0 Å². The summed E-state index contributed by atoms with van der Waals surface area (Å²) in [5.41, 5.74) is -0.397. The van der Waals surface area contributed by atoms with Gasteiger partial charge in [0.15, 0.2) is 0 Å². The first kappa shape index (κ1) is 24.3. The highest BCUT2D eigenvalue weighted by atomic mass is 31.2. The average molecular weight is 340 g/mol. The summed E-state index contributed by atoms with van der Waals surface area (Å²) in [5, 5.41) is 9.78. The highest BCUT2D eigenvalue weighted by Crippen LogP contribution is 2.35. The van der Waals surface area contributed by atoms with Crippen LogP contribution in [0.5, 0.6) is 0 Å². The van der Waals surface area contributed by atoms with Crippen molar-refractivity contribution in [1.82, 2.24) is 0 Å². The highest BCUT2D eigenvalue weighted by molar-refractivity contribution is 7.46. The zero-order chi connectivity index (χ0) is 17.5. The Kier molecular flexibility index (Phi) is 16.2. The molecule has 3 N–H and O–H groups in total. The molecule has 0 aromatic heterocycles. The van der Waals surface area contributed by atoms with E-state index in [0.717, 1.165) is 51.4 Å². The number of hydrogen-bond acceptors (Lipinski definition) is 3. The molecular weight excluding hydrogens is 303 g/mol. The molecule has 0 bridgehead atoms. The summed E-state index contributed by atoms with van der Waals surface area (Å²) in [5.74, 6) is 0. The van der Waals surface area contributed by atoms with E-state index in [2.05, 4.69) is 25.3 Å². The second-order valence-corrected chi connectivity index (χ2v) is 7.33. The van der Waals surface area contributed by atoms with E-state index < -0.39 is 13.4 Å². The molecule has 0 aromatic rings. The first-order valence-electron chi connectivity index (χ1n) is 8.61. The van der Waals surface area contributed by atoms with Gasteiger partial charge in [-0.05, 0) is 26.2 Å². The van der Waals surface area contributed by atoms with Gasteiger partial charge in [-0.3, -0.25) is 4.52 Å². The Hall–Kier alpha value is 0.0700. The van der Waals surface area contributed by atoms with Crippen molar-refractivity contribution in [3.8, 4) is 0 Å². The normalized spacial score (nSPS) is 12.0. The average Bonchev–Trinajstić information content (AvgIpc) is 2.42. The summed E-state index contributed by atoms with van der Waals surface area (Å²) < 4.78 is 14.4. The summed E-state index contributed by atoms with van der Waals surface area (Å²) >= 11 is 0. The molecule has 0 atom stereocenters. The largest absolute Gasteiger partial charge is 0.469 e. The molecule has 0 saturated carbocycles. The van der Waals surface area contributed by atoms with E-state index in [1.54, 1.807) is 0 Å². The van der Waals surface area contributed by atoms with Crippen molar-refractivity contribution in [3.05, 3.63) is 0 Å².